The largest absolute Gasteiger partial charge is 0.357 e. The van der Waals surface area contributed by atoms with Crippen LogP contribution >= 0.6 is 24.0 Å². The van der Waals surface area contributed by atoms with Crippen LogP contribution in [-0.2, 0) is 0 Å². The first-order valence-electron chi connectivity index (χ1n) is 8.38. The van der Waals surface area contributed by atoms with Crippen molar-refractivity contribution in [2.45, 2.75) is 46.1 Å². The molecular weight excluding hydrogens is 389 g/mol. The van der Waals surface area contributed by atoms with Crippen LogP contribution in [-0.4, -0.2) is 74.2 Å². The van der Waals surface area contributed by atoms with E-state index in [2.05, 4.69) is 60.2 Å². The summed E-state index contributed by atoms with van der Waals surface area (Å²) in [6, 6.07) is 0. The fourth-order valence-electron chi connectivity index (χ4n) is 2.37. The maximum atomic E-state index is 4.66. The Kier molecular flexibility index (Phi) is 11.4. The van der Waals surface area contributed by atoms with Gasteiger partial charge in [-0.05, 0) is 54.1 Å². The van der Waals surface area contributed by atoms with Gasteiger partial charge in [0.05, 0.1) is 0 Å². The van der Waals surface area contributed by atoms with Gasteiger partial charge < -0.3 is 20.4 Å². The molecule has 1 heterocycles. The molecule has 1 aliphatic heterocycles. The zero-order valence-electron chi connectivity index (χ0n) is 15.1. The molecule has 0 unspecified atom stereocenters. The topological polar surface area (TPSA) is 42.9 Å². The molecule has 5 nitrogen and oxygen atoms in total. The Morgan fingerprint density at radius 3 is 2.27 bits per heavy atom. The van der Waals surface area contributed by atoms with E-state index in [4.69, 9.17) is 0 Å². The Labute approximate surface area is 154 Å². The zero-order chi connectivity index (χ0) is 15.7. The quantitative estimate of drug-likeness (QED) is 0.296. The van der Waals surface area contributed by atoms with Crippen LogP contribution in [0.3, 0.4) is 0 Å². The summed E-state index contributed by atoms with van der Waals surface area (Å²) < 4.78 is 0. The lowest BCUT2D eigenvalue weighted by Crippen LogP contribution is -2.47. The van der Waals surface area contributed by atoms with E-state index in [-0.39, 0.29) is 29.5 Å². The summed E-state index contributed by atoms with van der Waals surface area (Å²) in [4.78, 5) is 9.64. The molecule has 0 radical (unpaired) electrons. The van der Waals surface area contributed by atoms with Crippen molar-refractivity contribution in [3.8, 4) is 0 Å². The number of rotatable bonds is 6. The average molecular weight is 425 g/mol. The van der Waals surface area contributed by atoms with Crippen LogP contribution in [0.2, 0.25) is 0 Å². The van der Waals surface area contributed by atoms with Gasteiger partial charge in [0.1, 0.15) is 0 Å². The van der Waals surface area contributed by atoms with Crippen LogP contribution < -0.4 is 10.6 Å². The molecule has 0 aromatic heterocycles. The van der Waals surface area contributed by atoms with E-state index in [1.54, 1.807) is 0 Å². The fourth-order valence-corrected chi connectivity index (χ4v) is 2.37. The van der Waals surface area contributed by atoms with E-state index >= 15 is 0 Å². The van der Waals surface area contributed by atoms with Crippen LogP contribution in [0.1, 0.15) is 40.5 Å². The third-order valence-corrected chi connectivity index (χ3v) is 3.59. The number of nitrogens with zero attached hydrogens (tertiary/aromatic N) is 3. The zero-order valence-corrected chi connectivity index (χ0v) is 17.4. The normalized spacial score (nSPS) is 18.0. The second-order valence-corrected chi connectivity index (χ2v) is 6.99. The van der Waals surface area contributed by atoms with Crippen molar-refractivity contribution in [1.29, 1.82) is 0 Å². The molecule has 0 amide bonds. The number of aliphatic imine (C=N–C) groups is 1. The smallest absolute Gasteiger partial charge is 0.191 e. The molecular formula is C16H36IN5. The third-order valence-electron chi connectivity index (χ3n) is 3.59. The van der Waals surface area contributed by atoms with Crippen molar-refractivity contribution in [2.24, 2.45) is 4.99 Å². The van der Waals surface area contributed by atoms with E-state index in [1.807, 2.05) is 0 Å². The molecule has 0 aliphatic carbocycles. The van der Waals surface area contributed by atoms with E-state index in [0.717, 1.165) is 25.5 Å². The standard InChI is InChI=1S/C16H35N5.HI/c1-6-17-15(19-16(2,3)4)18-9-7-8-10-21-13-11-20(5)12-14-21;/h6-14H2,1-5H3,(H2,17,18,19);1H. The van der Waals surface area contributed by atoms with Gasteiger partial charge in [-0.3, -0.25) is 4.99 Å². The van der Waals surface area contributed by atoms with Gasteiger partial charge in [0, 0.05) is 44.8 Å². The number of likely N-dealkylation sites (N-methyl/N-ethyl adjacent to an activating group) is 1. The first kappa shape index (κ1) is 21.9. The van der Waals surface area contributed by atoms with Gasteiger partial charge in [0.25, 0.3) is 0 Å². The van der Waals surface area contributed by atoms with Crippen LogP contribution in [0.4, 0.5) is 0 Å². The summed E-state index contributed by atoms with van der Waals surface area (Å²) in [6.07, 6.45) is 2.40. The highest BCUT2D eigenvalue weighted by atomic mass is 127. The first-order chi connectivity index (χ1) is 9.90. The van der Waals surface area contributed by atoms with Crippen LogP contribution in [0.5, 0.6) is 0 Å². The van der Waals surface area contributed by atoms with Gasteiger partial charge >= 0.3 is 0 Å². The van der Waals surface area contributed by atoms with Crippen molar-refractivity contribution in [3.05, 3.63) is 0 Å². The summed E-state index contributed by atoms with van der Waals surface area (Å²) >= 11 is 0. The highest BCUT2D eigenvalue weighted by Crippen LogP contribution is 2.02. The molecule has 1 fully saturated rings. The number of hydrogen-bond donors (Lipinski definition) is 2. The van der Waals surface area contributed by atoms with E-state index in [1.165, 1.54) is 39.1 Å². The van der Waals surface area contributed by atoms with Gasteiger partial charge in [-0.1, -0.05) is 0 Å². The van der Waals surface area contributed by atoms with Crippen molar-refractivity contribution >= 4 is 29.9 Å². The first-order valence-corrected chi connectivity index (χ1v) is 8.38. The number of unbranched alkanes of at least 4 members (excludes halogenated alkanes) is 1. The lowest BCUT2D eigenvalue weighted by Gasteiger charge is -2.32. The van der Waals surface area contributed by atoms with Gasteiger partial charge in [-0.2, -0.15) is 0 Å². The van der Waals surface area contributed by atoms with Gasteiger partial charge in [-0.25, -0.2) is 0 Å². The predicted molar refractivity (Wildman–Crippen MR) is 107 cm³/mol. The highest BCUT2D eigenvalue weighted by molar-refractivity contribution is 14.0. The number of hydrogen-bond acceptors (Lipinski definition) is 3. The second kappa shape index (κ2) is 11.5. The summed E-state index contributed by atoms with van der Waals surface area (Å²) in [5.74, 6) is 0.935. The number of piperazine rings is 1. The maximum absolute atomic E-state index is 4.66. The van der Waals surface area contributed by atoms with E-state index < -0.39 is 0 Å². The Bertz CT molecular complexity index is 306. The minimum Gasteiger partial charge on any atom is -0.357 e. The molecule has 2 N–H and O–H groups in total. The molecule has 0 bridgehead atoms. The van der Waals surface area contributed by atoms with E-state index in [0.29, 0.717) is 0 Å². The Hall–Kier alpha value is -0.0800. The maximum Gasteiger partial charge on any atom is 0.191 e. The highest BCUT2D eigenvalue weighted by Gasteiger charge is 2.13. The van der Waals surface area contributed by atoms with Crippen molar-refractivity contribution in [3.63, 3.8) is 0 Å². The molecule has 0 aromatic carbocycles. The van der Waals surface area contributed by atoms with Crippen molar-refractivity contribution < 1.29 is 0 Å². The summed E-state index contributed by atoms with van der Waals surface area (Å²) in [5, 5.41) is 6.73. The van der Waals surface area contributed by atoms with Crippen LogP contribution in [0.15, 0.2) is 4.99 Å². The lowest BCUT2D eigenvalue weighted by atomic mass is 10.1. The molecule has 6 heteroatoms. The number of nitrogens with one attached hydrogen (secondary N) is 2. The molecule has 0 spiro atoms. The fraction of sp³-hybridized carbons (Fsp3) is 0.938. The third kappa shape index (κ3) is 10.6. The Morgan fingerprint density at radius 2 is 1.73 bits per heavy atom. The molecule has 1 rings (SSSR count). The van der Waals surface area contributed by atoms with E-state index in [9.17, 15) is 0 Å². The number of halogens is 1. The number of guanidine groups is 1. The molecule has 132 valence electrons. The van der Waals surface area contributed by atoms with Gasteiger partial charge in [0.2, 0.25) is 0 Å². The summed E-state index contributed by atoms with van der Waals surface area (Å²) in [7, 11) is 2.20. The van der Waals surface area contributed by atoms with Gasteiger partial charge in [-0.15, -0.1) is 24.0 Å². The molecule has 22 heavy (non-hydrogen) atoms. The molecule has 0 aromatic rings. The second-order valence-electron chi connectivity index (χ2n) is 6.99. The minimum absolute atomic E-state index is 0. The summed E-state index contributed by atoms with van der Waals surface area (Å²) in [5.41, 5.74) is 0.0564. The Morgan fingerprint density at radius 1 is 1.09 bits per heavy atom. The molecule has 0 atom stereocenters. The monoisotopic (exact) mass is 425 g/mol. The Balaban J connectivity index is 0.00000441. The predicted octanol–water partition coefficient (Wildman–Crippen LogP) is 1.99. The summed E-state index contributed by atoms with van der Waals surface area (Å²) in [6.45, 7) is 16.5. The molecule has 0 saturated carbocycles. The molecule has 1 aliphatic rings. The average Bonchev–Trinajstić information content (AvgIpc) is 2.39. The van der Waals surface area contributed by atoms with Crippen LogP contribution in [0.25, 0.3) is 0 Å². The molecule has 1 saturated heterocycles. The van der Waals surface area contributed by atoms with Crippen molar-refractivity contribution in [2.75, 3.05) is 52.9 Å². The van der Waals surface area contributed by atoms with Crippen molar-refractivity contribution in [1.82, 2.24) is 20.4 Å². The lowest BCUT2D eigenvalue weighted by molar-refractivity contribution is 0.152. The SMILES string of the molecule is CCNC(=NCCCCN1CCN(C)CC1)NC(C)(C)C.I. The van der Waals surface area contributed by atoms with Crippen LogP contribution in [0, 0.1) is 0 Å². The van der Waals surface area contributed by atoms with Gasteiger partial charge in [0.15, 0.2) is 5.96 Å². The minimum atomic E-state index is 0.